The van der Waals surface area contributed by atoms with E-state index in [1.54, 1.807) is 0 Å². The van der Waals surface area contributed by atoms with Crippen LogP contribution in [-0.4, -0.2) is 49.2 Å². The van der Waals surface area contributed by atoms with Gasteiger partial charge in [-0.2, -0.15) is 0 Å². The Morgan fingerprint density at radius 3 is 2.75 bits per heavy atom. The molecule has 1 aliphatic heterocycles. The maximum absolute atomic E-state index is 11.9. The maximum Gasteiger partial charge on any atom is 0.323 e. The van der Waals surface area contributed by atoms with Crippen molar-refractivity contribution in [2.75, 3.05) is 26.2 Å². The molecule has 118 valence electrons. The third-order valence-electron chi connectivity index (χ3n) is 3.91. The Kier molecular flexibility index (Phi) is 8.15. The summed E-state index contributed by atoms with van der Waals surface area (Å²) in [6.07, 6.45) is 4.77. The van der Waals surface area contributed by atoms with Gasteiger partial charge in [0.25, 0.3) is 0 Å². The number of carbonyl (C=O) groups is 1. The Hall–Kier alpha value is -0.610. The topological polar surface area (TPSA) is 41.6 Å². The van der Waals surface area contributed by atoms with Crippen molar-refractivity contribution in [3.63, 3.8) is 0 Å². The normalized spacial score (nSPS) is 21.4. The standard InChI is InChI=1S/C16H32N2O2/c1-5-7-14-8-10-18(12-14)11-9-15(17-13(3)4)16(19)20-6-2/h13-15,17H,5-12H2,1-4H3. The van der Waals surface area contributed by atoms with Crippen molar-refractivity contribution < 1.29 is 9.53 Å². The summed E-state index contributed by atoms with van der Waals surface area (Å²) >= 11 is 0. The van der Waals surface area contributed by atoms with Crippen LogP contribution in [0.5, 0.6) is 0 Å². The molecule has 1 fully saturated rings. The molecule has 1 aliphatic rings. The van der Waals surface area contributed by atoms with Crippen LogP contribution in [-0.2, 0) is 9.53 Å². The Morgan fingerprint density at radius 1 is 1.40 bits per heavy atom. The minimum atomic E-state index is -0.167. The molecule has 0 radical (unpaired) electrons. The van der Waals surface area contributed by atoms with Gasteiger partial charge < -0.3 is 15.0 Å². The number of ether oxygens (including phenoxy) is 1. The van der Waals surface area contributed by atoms with E-state index < -0.39 is 0 Å². The average molecular weight is 284 g/mol. The van der Waals surface area contributed by atoms with Crippen molar-refractivity contribution >= 4 is 5.97 Å². The fraction of sp³-hybridized carbons (Fsp3) is 0.938. The predicted molar refractivity (Wildman–Crippen MR) is 82.8 cm³/mol. The number of hydrogen-bond acceptors (Lipinski definition) is 4. The lowest BCUT2D eigenvalue weighted by molar-refractivity contribution is -0.146. The number of likely N-dealkylation sites (tertiary alicyclic amines) is 1. The molecule has 1 heterocycles. The molecule has 1 N–H and O–H groups in total. The minimum Gasteiger partial charge on any atom is -0.465 e. The van der Waals surface area contributed by atoms with E-state index in [9.17, 15) is 4.79 Å². The van der Waals surface area contributed by atoms with Gasteiger partial charge >= 0.3 is 5.97 Å². The predicted octanol–water partition coefficient (Wildman–Crippen LogP) is 2.43. The SMILES string of the molecule is CCCC1CCN(CCC(NC(C)C)C(=O)OCC)C1. The largest absolute Gasteiger partial charge is 0.465 e. The average Bonchev–Trinajstić information content (AvgIpc) is 2.82. The second-order valence-corrected chi connectivity index (χ2v) is 6.16. The van der Waals surface area contributed by atoms with Crippen molar-refractivity contribution in [2.24, 2.45) is 5.92 Å². The van der Waals surface area contributed by atoms with E-state index in [0.717, 1.165) is 18.9 Å². The summed E-state index contributed by atoms with van der Waals surface area (Å²) in [6.45, 7) is 12.1. The van der Waals surface area contributed by atoms with Gasteiger partial charge in [0, 0.05) is 19.1 Å². The summed E-state index contributed by atoms with van der Waals surface area (Å²) in [5, 5.41) is 3.32. The van der Waals surface area contributed by atoms with Crippen LogP contribution in [0, 0.1) is 5.92 Å². The zero-order valence-corrected chi connectivity index (χ0v) is 13.7. The van der Waals surface area contributed by atoms with Crippen molar-refractivity contribution in [3.8, 4) is 0 Å². The molecule has 0 aromatic heterocycles. The zero-order chi connectivity index (χ0) is 15.0. The lowest BCUT2D eigenvalue weighted by Gasteiger charge is -2.23. The first kappa shape index (κ1) is 17.4. The first-order chi connectivity index (χ1) is 9.56. The van der Waals surface area contributed by atoms with E-state index in [-0.39, 0.29) is 12.0 Å². The van der Waals surface area contributed by atoms with Gasteiger partial charge in [-0.05, 0) is 38.6 Å². The molecule has 0 bridgehead atoms. The van der Waals surface area contributed by atoms with Gasteiger partial charge in [0.15, 0.2) is 0 Å². The van der Waals surface area contributed by atoms with Crippen LogP contribution < -0.4 is 5.32 Å². The first-order valence-electron chi connectivity index (χ1n) is 8.21. The van der Waals surface area contributed by atoms with Crippen LogP contribution in [0.4, 0.5) is 0 Å². The number of rotatable bonds is 9. The lowest BCUT2D eigenvalue weighted by Crippen LogP contribution is -2.44. The fourth-order valence-corrected chi connectivity index (χ4v) is 2.99. The minimum absolute atomic E-state index is 0.106. The van der Waals surface area contributed by atoms with Gasteiger partial charge in [-0.3, -0.25) is 4.79 Å². The maximum atomic E-state index is 11.9. The molecule has 0 aliphatic carbocycles. The third kappa shape index (κ3) is 6.23. The highest BCUT2D eigenvalue weighted by atomic mass is 16.5. The number of hydrogen-bond donors (Lipinski definition) is 1. The van der Waals surface area contributed by atoms with Crippen LogP contribution in [0.1, 0.15) is 53.4 Å². The van der Waals surface area contributed by atoms with Crippen LogP contribution in [0.2, 0.25) is 0 Å². The molecule has 0 spiro atoms. The van der Waals surface area contributed by atoms with E-state index in [1.807, 2.05) is 6.92 Å². The summed E-state index contributed by atoms with van der Waals surface area (Å²) < 4.78 is 5.16. The third-order valence-corrected chi connectivity index (χ3v) is 3.91. The molecular formula is C16H32N2O2. The number of nitrogens with zero attached hydrogens (tertiary/aromatic N) is 1. The summed E-state index contributed by atoms with van der Waals surface area (Å²) in [4.78, 5) is 14.4. The van der Waals surface area contributed by atoms with Gasteiger partial charge in [0.05, 0.1) is 6.61 Å². The number of esters is 1. The fourth-order valence-electron chi connectivity index (χ4n) is 2.99. The highest BCUT2D eigenvalue weighted by molar-refractivity contribution is 5.75. The molecule has 2 unspecified atom stereocenters. The molecule has 0 saturated carbocycles. The molecule has 2 atom stereocenters. The summed E-state index contributed by atoms with van der Waals surface area (Å²) in [7, 11) is 0. The van der Waals surface area contributed by atoms with Gasteiger partial charge in [-0.15, -0.1) is 0 Å². The van der Waals surface area contributed by atoms with Crippen LogP contribution in [0.3, 0.4) is 0 Å². The van der Waals surface area contributed by atoms with Crippen LogP contribution in [0.25, 0.3) is 0 Å². The van der Waals surface area contributed by atoms with Gasteiger partial charge in [0.1, 0.15) is 6.04 Å². The molecule has 0 amide bonds. The smallest absolute Gasteiger partial charge is 0.323 e. The number of nitrogens with one attached hydrogen (secondary N) is 1. The highest BCUT2D eigenvalue weighted by Crippen LogP contribution is 2.21. The summed E-state index contributed by atoms with van der Waals surface area (Å²) in [6, 6.07) is 0.135. The highest BCUT2D eigenvalue weighted by Gasteiger charge is 2.25. The first-order valence-corrected chi connectivity index (χ1v) is 8.21. The summed E-state index contributed by atoms with van der Waals surface area (Å²) in [5.41, 5.74) is 0. The molecule has 0 aromatic rings. The van der Waals surface area contributed by atoms with Crippen molar-refractivity contribution in [3.05, 3.63) is 0 Å². The Morgan fingerprint density at radius 2 is 2.15 bits per heavy atom. The van der Waals surface area contributed by atoms with Crippen molar-refractivity contribution in [1.82, 2.24) is 10.2 Å². The lowest BCUT2D eigenvalue weighted by atomic mass is 10.0. The Labute approximate surface area is 124 Å². The Bertz CT molecular complexity index is 282. The van der Waals surface area contributed by atoms with E-state index in [4.69, 9.17) is 4.74 Å². The molecule has 4 nitrogen and oxygen atoms in total. The molecule has 0 aromatic carbocycles. The van der Waals surface area contributed by atoms with Crippen LogP contribution >= 0.6 is 0 Å². The number of carbonyl (C=O) groups excluding carboxylic acids is 1. The van der Waals surface area contributed by atoms with E-state index in [2.05, 4.69) is 31.0 Å². The molecular weight excluding hydrogens is 252 g/mol. The second-order valence-electron chi connectivity index (χ2n) is 6.16. The molecule has 20 heavy (non-hydrogen) atoms. The second kappa shape index (κ2) is 9.35. The Balaban J connectivity index is 2.36. The zero-order valence-electron chi connectivity index (χ0n) is 13.7. The van der Waals surface area contributed by atoms with E-state index >= 15 is 0 Å². The van der Waals surface area contributed by atoms with Gasteiger partial charge in [-0.25, -0.2) is 0 Å². The molecule has 1 rings (SSSR count). The summed E-state index contributed by atoms with van der Waals surface area (Å²) in [5.74, 6) is 0.754. The molecule has 1 saturated heterocycles. The molecule has 4 heteroatoms. The van der Waals surface area contributed by atoms with Crippen molar-refractivity contribution in [2.45, 2.75) is 65.5 Å². The van der Waals surface area contributed by atoms with E-state index in [0.29, 0.717) is 12.6 Å². The van der Waals surface area contributed by atoms with Gasteiger partial charge in [-0.1, -0.05) is 27.2 Å². The van der Waals surface area contributed by atoms with E-state index in [1.165, 1.54) is 32.4 Å². The van der Waals surface area contributed by atoms with Gasteiger partial charge in [0.2, 0.25) is 0 Å². The van der Waals surface area contributed by atoms with Crippen LogP contribution in [0.15, 0.2) is 0 Å². The van der Waals surface area contributed by atoms with Crippen molar-refractivity contribution in [1.29, 1.82) is 0 Å². The monoisotopic (exact) mass is 284 g/mol. The quantitative estimate of drug-likeness (QED) is 0.660.